The Bertz CT molecular complexity index is 937. The Morgan fingerprint density at radius 3 is 2.38 bits per heavy atom. The minimum atomic E-state index is -3.69. The fourth-order valence-corrected chi connectivity index (χ4v) is 5.13. The maximum Gasteiger partial charge on any atom is 0.264 e. The predicted octanol–water partition coefficient (Wildman–Crippen LogP) is 3.71. The molecule has 0 aromatic heterocycles. The minimum Gasteiger partial charge on any atom is -0.376 e. The normalized spacial score (nSPS) is 19.6. The number of para-hydroxylation sites is 1. The monoisotopic (exact) mass is 415 g/mol. The van der Waals surface area contributed by atoms with E-state index in [1.54, 1.807) is 48.5 Å². The first-order valence-electron chi connectivity index (χ1n) is 10.00. The zero-order valence-electron chi connectivity index (χ0n) is 17.2. The van der Waals surface area contributed by atoms with E-state index >= 15 is 0 Å². The van der Waals surface area contributed by atoms with Gasteiger partial charge < -0.3 is 10.2 Å². The van der Waals surface area contributed by atoms with Gasteiger partial charge in [0, 0.05) is 24.8 Å². The van der Waals surface area contributed by atoms with Crippen LogP contribution in [0, 0.1) is 0 Å². The third kappa shape index (κ3) is 4.72. The lowest BCUT2D eigenvalue weighted by Crippen LogP contribution is -2.49. The van der Waals surface area contributed by atoms with Crippen LogP contribution in [0.4, 0.5) is 11.4 Å². The van der Waals surface area contributed by atoms with Crippen molar-refractivity contribution >= 4 is 27.3 Å². The number of benzene rings is 2. The van der Waals surface area contributed by atoms with Gasteiger partial charge in [0.05, 0.1) is 17.1 Å². The molecule has 2 aromatic rings. The molecule has 2 atom stereocenters. The van der Waals surface area contributed by atoms with E-state index in [4.69, 9.17) is 0 Å². The standard InChI is InChI=1S/C22H29N3O3S/c1-17-9-7-10-18(2)25(17)22(26)16-23-19-11-8-14-21(15-19)29(27,28)24(3)20-12-5-4-6-13-20/h4-6,8,11-15,17-18,23H,7,9-10,16H2,1-3H3. The molecule has 2 aromatic carbocycles. The van der Waals surface area contributed by atoms with Crippen molar-refractivity contribution in [3.8, 4) is 0 Å². The lowest BCUT2D eigenvalue weighted by Gasteiger charge is -2.39. The van der Waals surface area contributed by atoms with Crippen LogP contribution in [0.15, 0.2) is 59.5 Å². The zero-order valence-corrected chi connectivity index (χ0v) is 18.0. The van der Waals surface area contributed by atoms with Crippen LogP contribution in [0.5, 0.6) is 0 Å². The number of nitrogens with zero attached hydrogens (tertiary/aromatic N) is 2. The van der Waals surface area contributed by atoms with Crippen molar-refractivity contribution in [3.63, 3.8) is 0 Å². The number of hydrogen-bond acceptors (Lipinski definition) is 4. The van der Waals surface area contributed by atoms with Gasteiger partial charge in [-0.05, 0) is 63.4 Å². The van der Waals surface area contributed by atoms with Gasteiger partial charge in [0.15, 0.2) is 0 Å². The van der Waals surface area contributed by atoms with Crippen molar-refractivity contribution in [2.24, 2.45) is 0 Å². The molecule has 1 N–H and O–H groups in total. The van der Waals surface area contributed by atoms with Gasteiger partial charge in [-0.15, -0.1) is 0 Å². The van der Waals surface area contributed by atoms with E-state index in [0.29, 0.717) is 11.4 Å². The van der Waals surface area contributed by atoms with Crippen LogP contribution in [0.1, 0.15) is 33.1 Å². The van der Waals surface area contributed by atoms with Gasteiger partial charge in [0.1, 0.15) is 0 Å². The molecular weight excluding hydrogens is 386 g/mol. The number of carbonyl (C=O) groups is 1. The second-order valence-electron chi connectivity index (χ2n) is 7.62. The predicted molar refractivity (Wildman–Crippen MR) is 117 cm³/mol. The van der Waals surface area contributed by atoms with Crippen molar-refractivity contribution in [2.45, 2.75) is 50.1 Å². The minimum absolute atomic E-state index is 0.0411. The van der Waals surface area contributed by atoms with Gasteiger partial charge in [-0.1, -0.05) is 24.3 Å². The summed E-state index contributed by atoms with van der Waals surface area (Å²) in [6, 6.07) is 16.0. The number of anilines is 2. The fourth-order valence-electron chi connectivity index (χ4n) is 3.88. The second-order valence-corrected chi connectivity index (χ2v) is 9.59. The summed E-state index contributed by atoms with van der Waals surface area (Å²) in [5.74, 6) is 0.0411. The highest BCUT2D eigenvalue weighted by molar-refractivity contribution is 7.92. The molecule has 1 fully saturated rings. The summed E-state index contributed by atoms with van der Waals surface area (Å²) in [6.45, 7) is 4.31. The lowest BCUT2D eigenvalue weighted by molar-refractivity contribution is -0.135. The number of rotatable bonds is 6. The third-order valence-corrected chi connectivity index (χ3v) is 7.32. The van der Waals surface area contributed by atoms with Gasteiger partial charge in [0.2, 0.25) is 5.91 Å². The van der Waals surface area contributed by atoms with Crippen LogP contribution in [0.2, 0.25) is 0 Å². The third-order valence-electron chi connectivity index (χ3n) is 5.54. The zero-order chi connectivity index (χ0) is 21.0. The van der Waals surface area contributed by atoms with Crippen molar-refractivity contribution in [2.75, 3.05) is 23.2 Å². The molecule has 1 aliphatic heterocycles. The summed E-state index contributed by atoms with van der Waals surface area (Å²) in [5, 5.41) is 3.10. The summed E-state index contributed by atoms with van der Waals surface area (Å²) in [6.07, 6.45) is 3.19. The first-order valence-corrected chi connectivity index (χ1v) is 11.4. The van der Waals surface area contributed by atoms with Gasteiger partial charge in [-0.2, -0.15) is 0 Å². The Kier molecular flexibility index (Phi) is 6.47. The molecular formula is C22H29N3O3S. The van der Waals surface area contributed by atoms with E-state index in [0.717, 1.165) is 19.3 Å². The molecule has 0 aliphatic carbocycles. The molecule has 0 spiro atoms. The molecule has 2 unspecified atom stereocenters. The van der Waals surface area contributed by atoms with Crippen LogP contribution in [-0.2, 0) is 14.8 Å². The maximum absolute atomic E-state index is 13.0. The molecule has 6 nitrogen and oxygen atoms in total. The number of amides is 1. The molecule has 3 rings (SSSR count). The van der Waals surface area contributed by atoms with Crippen molar-refractivity contribution in [1.29, 1.82) is 0 Å². The Hall–Kier alpha value is -2.54. The van der Waals surface area contributed by atoms with Crippen LogP contribution in [0.25, 0.3) is 0 Å². The molecule has 29 heavy (non-hydrogen) atoms. The average Bonchev–Trinajstić information content (AvgIpc) is 2.72. The van der Waals surface area contributed by atoms with E-state index in [-0.39, 0.29) is 29.4 Å². The van der Waals surface area contributed by atoms with Gasteiger partial charge in [0.25, 0.3) is 10.0 Å². The maximum atomic E-state index is 13.0. The van der Waals surface area contributed by atoms with Crippen LogP contribution in [0.3, 0.4) is 0 Å². The summed E-state index contributed by atoms with van der Waals surface area (Å²) in [7, 11) is -2.16. The molecule has 156 valence electrons. The molecule has 1 amide bonds. The molecule has 1 saturated heterocycles. The number of sulfonamides is 1. The number of carbonyl (C=O) groups excluding carboxylic acids is 1. The summed E-state index contributed by atoms with van der Waals surface area (Å²) in [4.78, 5) is 14.8. The van der Waals surface area contributed by atoms with Crippen LogP contribution in [-0.4, -0.2) is 44.9 Å². The van der Waals surface area contributed by atoms with Crippen molar-refractivity contribution < 1.29 is 13.2 Å². The first kappa shape index (κ1) is 21.2. The van der Waals surface area contributed by atoms with E-state index in [9.17, 15) is 13.2 Å². The van der Waals surface area contributed by atoms with Gasteiger partial charge >= 0.3 is 0 Å². The van der Waals surface area contributed by atoms with E-state index in [2.05, 4.69) is 19.2 Å². The first-order chi connectivity index (χ1) is 13.8. The molecule has 0 bridgehead atoms. The second kappa shape index (κ2) is 8.86. The van der Waals surface area contributed by atoms with Crippen LogP contribution < -0.4 is 9.62 Å². The Morgan fingerprint density at radius 1 is 1.07 bits per heavy atom. The topological polar surface area (TPSA) is 69.7 Å². The quantitative estimate of drug-likeness (QED) is 0.781. The average molecular weight is 416 g/mol. The Labute approximate surface area is 173 Å². The van der Waals surface area contributed by atoms with E-state index in [1.165, 1.54) is 11.4 Å². The summed E-state index contributed by atoms with van der Waals surface area (Å²) < 4.78 is 27.2. The van der Waals surface area contributed by atoms with Crippen molar-refractivity contribution in [3.05, 3.63) is 54.6 Å². The number of nitrogens with one attached hydrogen (secondary N) is 1. The highest BCUT2D eigenvalue weighted by atomic mass is 32.2. The number of hydrogen-bond donors (Lipinski definition) is 1. The van der Waals surface area contributed by atoms with Crippen molar-refractivity contribution in [1.82, 2.24) is 4.90 Å². The summed E-state index contributed by atoms with van der Waals surface area (Å²) in [5.41, 5.74) is 1.20. The highest BCUT2D eigenvalue weighted by Crippen LogP contribution is 2.25. The number of piperidine rings is 1. The molecule has 0 saturated carbocycles. The molecule has 1 aliphatic rings. The molecule has 1 heterocycles. The molecule has 7 heteroatoms. The SMILES string of the molecule is CC1CCCC(C)N1C(=O)CNc1cccc(S(=O)(=O)N(C)c2ccccc2)c1. The van der Waals surface area contributed by atoms with E-state index < -0.39 is 10.0 Å². The van der Waals surface area contributed by atoms with Crippen LogP contribution >= 0.6 is 0 Å². The highest BCUT2D eigenvalue weighted by Gasteiger charge is 2.28. The van der Waals surface area contributed by atoms with E-state index in [1.807, 2.05) is 11.0 Å². The molecule has 0 radical (unpaired) electrons. The largest absolute Gasteiger partial charge is 0.376 e. The number of likely N-dealkylation sites (tertiary alicyclic amines) is 1. The van der Waals surface area contributed by atoms with Gasteiger partial charge in [-0.3, -0.25) is 9.10 Å². The Morgan fingerprint density at radius 2 is 1.72 bits per heavy atom. The van der Waals surface area contributed by atoms with Gasteiger partial charge in [-0.25, -0.2) is 8.42 Å². The smallest absolute Gasteiger partial charge is 0.264 e. The lowest BCUT2D eigenvalue weighted by atomic mass is 9.97. The Balaban J connectivity index is 1.72. The fraction of sp³-hybridized carbons (Fsp3) is 0.409. The summed E-state index contributed by atoms with van der Waals surface area (Å²) >= 11 is 0.